The second-order valence-electron chi connectivity index (χ2n) is 11.4. The topological polar surface area (TPSA) is 133 Å². The van der Waals surface area contributed by atoms with Gasteiger partial charge in [0.15, 0.2) is 0 Å². The monoisotopic (exact) mass is 518 g/mol. The number of nitrogens with two attached hydrogens (primary N) is 1. The fraction of sp³-hybridized carbons (Fsp3) is 0.464. The van der Waals surface area contributed by atoms with Crippen LogP contribution < -0.4 is 15.8 Å². The molecular formula is C28H34N6O4. The number of rotatable bonds is 5. The number of hydrogen-bond acceptors (Lipinski definition) is 9. The van der Waals surface area contributed by atoms with Gasteiger partial charge >= 0.3 is 5.97 Å². The standard InChI is InChI=1S/C28H34N6O4/c1-14-24-17(26(36)38-28(14,6)7)8-9-22(33-24)32-23-10-18-19(11-30-23)25(31-12-20(18)27(4,5)29)37-21-13-34(15(21)2)16(3)35/h8-12,14-15,21H,13,29H2,1-7H3,(H,30,32,33)/t14-,15+,21-/m1/s1. The number of cyclic esters (lactones) is 1. The summed E-state index contributed by atoms with van der Waals surface area (Å²) >= 11 is 0. The Hall–Kier alpha value is -3.79. The van der Waals surface area contributed by atoms with Crippen LogP contribution in [-0.4, -0.2) is 56.0 Å². The van der Waals surface area contributed by atoms with Crippen LogP contribution in [0.15, 0.2) is 30.6 Å². The number of anilines is 2. The predicted octanol–water partition coefficient (Wildman–Crippen LogP) is 4.01. The van der Waals surface area contributed by atoms with Crippen LogP contribution in [0.2, 0.25) is 0 Å². The van der Waals surface area contributed by atoms with E-state index >= 15 is 0 Å². The largest absolute Gasteiger partial charge is 0.470 e. The summed E-state index contributed by atoms with van der Waals surface area (Å²) in [5.74, 6) is 1.17. The van der Waals surface area contributed by atoms with Gasteiger partial charge in [0.25, 0.3) is 0 Å². The van der Waals surface area contributed by atoms with Crippen LogP contribution in [0.4, 0.5) is 11.6 Å². The molecule has 0 saturated carbocycles. The molecule has 1 amide bonds. The van der Waals surface area contributed by atoms with Crippen molar-refractivity contribution in [1.29, 1.82) is 0 Å². The van der Waals surface area contributed by atoms with E-state index in [1.807, 2.05) is 47.6 Å². The lowest BCUT2D eigenvalue weighted by Crippen LogP contribution is -2.62. The molecule has 10 heteroatoms. The molecule has 2 aliphatic rings. The fourth-order valence-corrected chi connectivity index (χ4v) is 4.95. The van der Waals surface area contributed by atoms with Crippen molar-refractivity contribution in [2.24, 2.45) is 5.73 Å². The lowest BCUT2D eigenvalue weighted by atomic mass is 9.84. The molecule has 200 valence electrons. The van der Waals surface area contributed by atoms with E-state index < -0.39 is 11.1 Å². The maximum absolute atomic E-state index is 12.5. The Morgan fingerprint density at radius 3 is 2.58 bits per heavy atom. The molecule has 5 rings (SSSR count). The van der Waals surface area contributed by atoms with Crippen LogP contribution in [0.1, 0.15) is 76.0 Å². The quantitative estimate of drug-likeness (QED) is 0.481. The zero-order chi connectivity index (χ0) is 27.6. The van der Waals surface area contributed by atoms with Crippen molar-refractivity contribution in [2.75, 3.05) is 11.9 Å². The molecule has 1 fully saturated rings. The number of carbonyl (C=O) groups is 2. The first-order chi connectivity index (χ1) is 17.8. The summed E-state index contributed by atoms with van der Waals surface area (Å²) in [6, 6.07) is 5.34. The third-order valence-corrected chi connectivity index (χ3v) is 7.71. The Morgan fingerprint density at radius 1 is 1.18 bits per heavy atom. The fourth-order valence-electron chi connectivity index (χ4n) is 4.95. The summed E-state index contributed by atoms with van der Waals surface area (Å²) in [5.41, 5.74) is 7.19. The van der Waals surface area contributed by atoms with Gasteiger partial charge in [0, 0.05) is 30.8 Å². The number of nitrogens with zero attached hydrogens (tertiary/aromatic N) is 4. The van der Waals surface area contributed by atoms with Gasteiger partial charge in [-0.1, -0.05) is 6.92 Å². The van der Waals surface area contributed by atoms with E-state index in [9.17, 15) is 9.59 Å². The highest BCUT2D eigenvalue weighted by atomic mass is 16.6. The van der Waals surface area contributed by atoms with Gasteiger partial charge in [-0.25, -0.2) is 19.7 Å². The highest BCUT2D eigenvalue weighted by Gasteiger charge is 2.41. The van der Waals surface area contributed by atoms with Crippen molar-refractivity contribution in [1.82, 2.24) is 19.9 Å². The Morgan fingerprint density at radius 2 is 1.92 bits per heavy atom. The minimum absolute atomic E-state index is 0.0263. The van der Waals surface area contributed by atoms with Crippen molar-refractivity contribution in [3.8, 4) is 5.88 Å². The summed E-state index contributed by atoms with van der Waals surface area (Å²) < 4.78 is 11.8. The maximum Gasteiger partial charge on any atom is 0.340 e. The number of aromatic nitrogens is 3. The molecule has 0 spiro atoms. The van der Waals surface area contributed by atoms with Gasteiger partial charge in [0.2, 0.25) is 11.8 Å². The molecule has 0 unspecified atom stereocenters. The summed E-state index contributed by atoms with van der Waals surface area (Å²) in [7, 11) is 0. The van der Waals surface area contributed by atoms with Crippen molar-refractivity contribution in [3.05, 3.63) is 47.4 Å². The molecule has 10 nitrogen and oxygen atoms in total. The van der Waals surface area contributed by atoms with Crippen LogP contribution in [0.5, 0.6) is 5.88 Å². The van der Waals surface area contributed by atoms with Crippen molar-refractivity contribution in [2.45, 2.75) is 77.7 Å². The third-order valence-electron chi connectivity index (χ3n) is 7.71. The van der Waals surface area contributed by atoms with Gasteiger partial charge in [-0.3, -0.25) is 4.79 Å². The van der Waals surface area contributed by atoms with E-state index in [4.69, 9.17) is 20.2 Å². The summed E-state index contributed by atoms with van der Waals surface area (Å²) in [6.45, 7) is 13.6. The number of fused-ring (bicyclic) bond motifs is 2. The Bertz CT molecular complexity index is 1450. The first kappa shape index (κ1) is 25.8. The average molecular weight is 519 g/mol. The minimum atomic E-state index is -0.664. The maximum atomic E-state index is 12.5. The molecule has 0 bridgehead atoms. The number of pyridine rings is 3. The number of esters is 1. The van der Waals surface area contributed by atoms with Gasteiger partial charge in [0.1, 0.15) is 23.3 Å². The molecule has 0 radical (unpaired) electrons. The lowest BCUT2D eigenvalue weighted by Gasteiger charge is -2.45. The SMILES string of the molecule is CC(=O)N1C[C@@H](Oc2ncc(C(C)(C)N)c3cc(Nc4ccc5c(n4)[C@@H](C)C(C)(C)OC5=O)ncc23)[C@@H]1C. The van der Waals surface area contributed by atoms with Crippen LogP contribution in [-0.2, 0) is 15.1 Å². The molecule has 2 aliphatic heterocycles. The zero-order valence-corrected chi connectivity index (χ0v) is 22.8. The van der Waals surface area contributed by atoms with E-state index in [2.05, 4.69) is 15.3 Å². The van der Waals surface area contributed by atoms with Crippen molar-refractivity contribution < 1.29 is 19.1 Å². The molecule has 0 aliphatic carbocycles. The number of amides is 1. The number of likely N-dealkylation sites (tertiary alicyclic amines) is 1. The third kappa shape index (κ3) is 4.42. The molecule has 1 saturated heterocycles. The van der Waals surface area contributed by atoms with E-state index in [1.54, 1.807) is 36.4 Å². The number of carbonyl (C=O) groups excluding carboxylic acids is 2. The van der Waals surface area contributed by atoms with E-state index in [0.29, 0.717) is 35.3 Å². The molecule has 3 N–H and O–H groups in total. The predicted molar refractivity (Wildman–Crippen MR) is 143 cm³/mol. The highest BCUT2D eigenvalue weighted by molar-refractivity contribution is 5.93. The van der Waals surface area contributed by atoms with Crippen molar-refractivity contribution >= 4 is 34.3 Å². The Balaban J connectivity index is 1.49. The second kappa shape index (κ2) is 8.90. The number of ether oxygens (including phenoxy) is 2. The van der Waals surface area contributed by atoms with Crippen LogP contribution >= 0.6 is 0 Å². The molecule has 5 heterocycles. The van der Waals surface area contributed by atoms with Gasteiger partial charge in [-0.2, -0.15) is 0 Å². The van der Waals surface area contributed by atoms with Crippen LogP contribution in [0.3, 0.4) is 0 Å². The first-order valence-corrected chi connectivity index (χ1v) is 12.8. The summed E-state index contributed by atoms with van der Waals surface area (Å²) in [5, 5.41) is 4.86. The smallest absolute Gasteiger partial charge is 0.340 e. The molecule has 0 aromatic carbocycles. The number of nitrogens with one attached hydrogen (secondary N) is 1. The molecule has 38 heavy (non-hydrogen) atoms. The highest BCUT2D eigenvalue weighted by Crippen LogP contribution is 2.38. The second-order valence-corrected chi connectivity index (χ2v) is 11.4. The van der Waals surface area contributed by atoms with Gasteiger partial charge in [-0.15, -0.1) is 0 Å². The van der Waals surface area contributed by atoms with Gasteiger partial charge in [-0.05, 0) is 63.8 Å². The normalized spacial score (nSPS) is 22.4. The van der Waals surface area contributed by atoms with Crippen LogP contribution in [0.25, 0.3) is 10.8 Å². The summed E-state index contributed by atoms with van der Waals surface area (Å²) in [6.07, 6.45) is 3.30. The van der Waals surface area contributed by atoms with E-state index in [-0.39, 0.29) is 29.9 Å². The molecule has 3 aromatic heterocycles. The van der Waals surface area contributed by atoms with E-state index in [0.717, 1.165) is 16.3 Å². The van der Waals surface area contributed by atoms with Crippen molar-refractivity contribution in [3.63, 3.8) is 0 Å². The number of hydrogen-bond donors (Lipinski definition) is 2. The van der Waals surface area contributed by atoms with Gasteiger partial charge in [0.05, 0.1) is 29.2 Å². The average Bonchev–Trinajstić information content (AvgIpc) is 2.83. The van der Waals surface area contributed by atoms with Crippen LogP contribution in [0, 0.1) is 0 Å². The molecule has 3 aromatic rings. The summed E-state index contributed by atoms with van der Waals surface area (Å²) in [4.78, 5) is 39.9. The first-order valence-electron chi connectivity index (χ1n) is 12.8. The lowest BCUT2D eigenvalue weighted by molar-refractivity contribution is -0.144. The zero-order valence-electron chi connectivity index (χ0n) is 22.8. The Labute approximate surface area is 221 Å². The van der Waals surface area contributed by atoms with Gasteiger partial charge < -0.3 is 25.4 Å². The minimum Gasteiger partial charge on any atom is -0.470 e. The Kier molecular flexibility index (Phi) is 6.05. The molecule has 3 atom stereocenters. The molecular weight excluding hydrogens is 484 g/mol. The van der Waals surface area contributed by atoms with E-state index in [1.165, 1.54) is 0 Å².